The average Bonchev–Trinajstić information content (AvgIpc) is 2.32. The number of hydrogen-bond acceptors (Lipinski definition) is 5. The summed E-state index contributed by atoms with van der Waals surface area (Å²) in [6, 6.07) is 0. The van der Waals surface area contributed by atoms with E-state index in [0.29, 0.717) is 12.0 Å². The van der Waals surface area contributed by atoms with Crippen molar-refractivity contribution < 1.29 is 22.2 Å². The maximum atomic E-state index is 12.2. The highest BCUT2D eigenvalue weighted by atomic mass is 32.2. The number of hydrogen-bond donors (Lipinski definition) is 0. The fraction of sp³-hybridized carbons (Fsp3) is 0.600. The Balaban J connectivity index is 2.91. The molecule has 0 heterocycles. The minimum absolute atomic E-state index is 0.0345. The zero-order valence-corrected chi connectivity index (χ0v) is 13.7. The Morgan fingerprint density at radius 2 is 1.90 bits per heavy atom. The van der Waals surface area contributed by atoms with Crippen LogP contribution in [0.5, 0.6) is 0 Å². The molecule has 0 fully saturated rings. The molecule has 1 aliphatic rings. The van der Waals surface area contributed by atoms with E-state index in [1.54, 1.807) is 26.8 Å². The highest BCUT2D eigenvalue weighted by Gasteiger charge is 2.39. The lowest BCUT2D eigenvalue weighted by molar-refractivity contribution is -0.133. The minimum Gasteiger partial charge on any atom is -0.342 e. The van der Waals surface area contributed by atoms with Gasteiger partial charge in [0, 0.05) is 11.8 Å². The standard InChI is InChI=1S/C15H22O5S/c1-5-6-7-8-13(16)20-21(18,19)12-9-11(2)10-15(3,4)14(12)17/h9-10H,5-8H2,1-4H3. The van der Waals surface area contributed by atoms with E-state index in [0.717, 1.165) is 12.8 Å². The fourth-order valence-corrected chi connectivity index (χ4v) is 3.42. The highest BCUT2D eigenvalue weighted by Crippen LogP contribution is 2.32. The van der Waals surface area contributed by atoms with Gasteiger partial charge in [-0.2, -0.15) is 8.42 Å². The Bertz CT molecular complexity index is 594. The van der Waals surface area contributed by atoms with Gasteiger partial charge in [0.15, 0.2) is 5.78 Å². The Hall–Kier alpha value is -1.43. The predicted molar refractivity (Wildman–Crippen MR) is 79.8 cm³/mol. The monoisotopic (exact) mass is 314 g/mol. The summed E-state index contributed by atoms with van der Waals surface area (Å²) in [6.07, 6.45) is 5.29. The van der Waals surface area contributed by atoms with Crippen molar-refractivity contribution in [3.63, 3.8) is 0 Å². The predicted octanol–water partition coefficient (Wildman–Crippen LogP) is 2.88. The molecule has 1 aliphatic carbocycles. The number of carbonyl (C=O) groups excluding carboxylic acids is 2. The molecule has 0 spiro atoms. The Morgan fingerprint density at radius 3 is 2.48 bits per heavy atom. The molecule has 21 heavy (non-hydrogen) atoms. The SMILES string of the molecule is CCCCCC(=O)OS(=O)(=O)C1=CC(C)=CC(C)(C)C1=O. The quantitative estimate of drug-likeness (QED) is 0.556. The maximum absolute atomic E-state index is 12.2. The van der Waals surface area contributed by atoms with Crippen LogP contribution in [0.4, 0.5) is 0 Å². The van der Waals surface area contributed by atoms with Gasteiger partial charge in [-0.15, -0.1) is 0 Å². The first-order valence-electron chi connectivity index (χ1n) is 7.03. The van der Waals surface area contributed by atoms with Gasteiger partial charge in [-0.3, -0.25) is 9.59 Å². The first kappa shape index (κ1) is 17.6. The van der Waals surface area contributed by atoms with E-state index >= 15 is 0 Å². The molecule has 6 heteroatoms. The fourth-order valence-electron chi connectivity index (χ4n) is 2.18. The van der Waals surface area contributed by atoms with E-state index in [4.69, 9.17) is 0 Å². The van der Waals surface area contributed by atoms with Crippen LogP contribution in [0.1, 0.15) is 53.4 Å². The van der Waals surface area contributed by atoms with Crippen molar-refractivity contribution in [2.24, 2.45) is 5.41 Å². The minimum atomic E-state index is -4.35. The maximum Gasteiger partial charge on any atom is 0.345 e. The number of Topliss-reactive ketones (excluding diaryl/α,β-unsaturated/α-hetero) is 1. The van der Waals surface area contributed by atoms with Crippen LogP contribution in [-0.4, -0.2) is 20.2 Å². The van der Waals surface area contributed by atoms with Crippen LogP contribution in [0.25, 0.3) is 0 Å². The summed E-state index contributed by atoms with van der Waals surface area (Å²) < 4.78 is 28.8. The lowest BCUT2D eigenvalue weighted by atomic mass is 9.82. The summed E-state index contributed by atoms with van der Waals surface area (Å²) in [5.74, 6) is -1.38. The van der Waals surface area contributed by atoms with Crippen molar-refractivity contribution in [2.45, 2.75) is 53.4 Å². The van der Waals surface area contributed by atoms with E-state index in [9.17, 15) is 18.0 Å². The third-order valence-corrected chi connectivity index (χ3v) is 4.46. The zero-order valence-electron chi connectivity index (χ0n) is 12.9. The number of allylic oxidation sites excluding steroid dienone is 4. The third kappa shape index (κ3) is 4.52. The summed E-state index contributed by atoms with van der Waals surface area (Å²) in [5, 5.41) is 0. The van der Waals surface area contributed by atoms with Crippen molar-refractivity contribution in [3.05, 3.63) is 22.6 Å². The van der Waals surface area contributed by atoms with Crippen LogP contribution >= 0.6 is 0 Å². The topological polar surface area (TPSA) is 77.5 Å². The van der Waals surface area contributed by atoms with Gasteiger partial charge in [-0.1, -0.05) is 31.4 Å². The smallest absolute Gasteiger partial charge is 0.342 e. The van der Waals surface area contributed by atoms with Crippen molar-refractivity contribution in [2.75, 3.05) is 0 Å². The molecule has 0 atom stereocenters. The molecule has 0 amide bonds. The Labute approximate surface area is 126 Å². The molecule has 0 N–H and O–H groups in total. The number of rotatable bonds is 6. The normalized spacial score (nSPS) is 18.0. The first-order valence-corrected chi connectivity index (χ1v) is 8.44. The molecule has 0 saturated heterocycles. The van der Waals surface area contributed by atoms with Gasteiger partial charge in [-0.05, 0) is 33.3 Å². The van der Waals surface area contributed by atoms with Gasteiger partial charge < -0.3 is 4.18 Å². The van der Waals surface area contributed by atoms with Gasteiger partial charge >= 0.3 is 16.1 Å². The van der Waals surface area contributed by atoms with Crippen molar-refractivity contribution in [1.82, 2.24) is 0 Å². The second-order valence-electron chi connectivity index (χ2n) is 5.81. The number of ketones is 1. The zero-order chi connectivity index (χ0) is 16.3. The highest BCUT2D eigenvalue weighted by molar-refractivity contribution is 7.92. The molecule has 0 bridgehead atoms. The summed E-state index contributed by atoms with van der Waals surface area (Å²) >= 11 is 0. The molecule has 0 aromatic carbocycles. The van der Waals surface area contributed by atoms with Crippen LogP contribution in [0, 0.1) is 5.41 Å². The largest absolute Gasteiger partial charge is 0.345 e. The molecule has 0 unspecified atom stereocenters. The molecule has 0 radical (unpaired) electrons. The van der Waals surface area contributed by atoms with E-state index in [1.165, 1.54) is 6.08 Å². The Kier molecular flexibility index (Phi) is 5.50. The number of unbranched alkanes of at least 4 members (excludes halogenated alkanes) is 2. The molecule has 0 aromatic rings. The molecular formula is C15H22O5S. The summed E-state index contributed by atoms with van der Waals surface area (Å²) in [6.45, 7) is 6.94. The lowest BCUT2D eigenvalue weighted by Crippen LogP contribution is -2.31. The summed E-state index contributed by atoms with van der Waals surface area (Å²) in [5.41, 5.74) is -0.268. The van der Waals surface area contributed by atoms with Crippen LogP contribution in [-0.2, 0) is 23.9 Å². The average molecular weight is 314 g/mol. The molecule has 5 nitrogen and oxygen atoms in total. The Morgan fingerprint density at radius 1 is 1.29 bits per heavy atom. The van der Waals surface area contributed by atoms with Gasteiger partial charge in [0.2, 0.25) is 0 Å². The summed E-state index contributed by atoms with van der Waals surface area (Å²) in [7, 11) is -4.35. The van der Waals surface area contributed by atoms with E-state index in [2.05, 4.69) is 4.18 Å². The van der Waals surface area contributed by atoms with Gasteiger partial charge in [0.1, 0.15) is 4.91 Å². The molecule has 0 aliphatic heterocycles. The molecule has 0 saturated carbocycles. The van der Waals surface area contributed by atoms with Crippen LogP contribution < -0.4 is 0 Å². The van der Waals surface area contributed by atoms with Gasteiger partial charge in [0.05, 0.1) is 0 Å². The molecular weight excluding hydrogens is 292 g/mol. The van der Waals surface area contributed by atoms with Gasteiger partial charge in [0.25, 0.3) is 0 Å². The second-order valence-corrected chi connectivity index (χ2v) is 7.33. The second kappa shape index (κ2) is 6.56. The van der Waals surface area contributed by atoms with Crippen LogP contribution in [0.2, 0.25) is 0 Å². The van der Waals surface area contributed by atoms with Crippen LogP contribution in [0.15, 0.2) is 22.6 Å². The van der Waals surface area contributed by atoms with Gasteiger partial charge in [-0.25, -0.2) is 0 Å². The molecule has 118 valence electrons. The van der Waals surface area contributed by atoms with Crippen molar-refractivity contribution in [1.29, 1.82) is 0 Å². The van der Waals surface area contributed by atoms with E-state index in [-0.39, 0.29) is 6.42 Å². The molecule has 0 aromatic heterocycles. The third-order valence-electron chi connectivity index (χ3n) is 3.21. The number of carbonyl (C=O) groups is 2. The summed E-state index contributed by atoms with van der Waals surface area (Å²) in [4.78, 5) is 23.3. The van der Waals surface area contributed by atoms with Crippen molar-refractivity contribution in [3.8, 4) is 0 Å². The van der Waals surface area contributed by atoms with Crippen LogP contribution in [0.3, 0.4) is 0 Å². The molecule has 1 rings (SSSR count). The van der Waals surface area contributed by atoms with E-state index < -0.39 is 32.2 Å². The lowest BCUT2D eigenvalue weighted by Gasteiger charge is -2.24. The van der Waals surface area contributed by atoms with Crippen molar-refractivity contribution >= 4 is 21.9 Å². The van der Waals surface area contributed by atoms with E-state index in [1.807, 2.05) is 6.92 Å². The first-order chi connectivity index (χ1) is 9.60.